The van der Waals surface area contributed by atoms with E-state index in [0.29, 0.717) is 22.3 Å². The summed E-state index contributed by atoms with van der Waals surface area (Å²) < 4.78 is 14.7. The second-order valence-electron chi connectivity index (χ2n) is 5.23. The van der Waals surface area contributed by atoms with Gasteiger partial charge in [0.05, 0.1) is 11.1 Å². The van der Waals surface area contributed by atoms with Gasteiger partial charge < -0.3 is 5.32 Å². The van der Waals surface area contributed by atoms with Gasteiger partial charge in [0.25, 0.3) is 5.56 Å². The molecule has 1 atom stereocenters. The topological polar surface area (TPSA) is 64.0 Å². The van der Waals surface area contributed by atoms with Crippen molar-refractivity contribution in [1.82, 2.24) is 9.55 Å². The maximum Gasteiger partial charge on any atom is 0.254 e. The normalized spacial score (nSPS) is 16.2. The molecule has 1 amide bonds. The lowest BCUT2D eigenvalue weighted by Crippen LogP contribution is -2.27. The zero-order valence-corrected chi connectivity index (χ0v) is 13.7. The first kappa shape index (κ1) is 16.0. The molecule has 1 aliphatic heterocycles. The SMILES string of the molecule is Cc1cc(=O)n2c(n1)SCC2CC(=O)Nc1ccc(F)c(Cl)c1. The van der Waals surface area contributed by atoms with Crippen molar-refractivity contribution >= 4 is 35.0 Å². The molecule has 0 fully saturated rings. The van der Waals surface area contributed by atoms with Crippen LogP contribution in [0.1, 0.15) is 18.2 Å². The van der Waals surface area contributed by atoms with Crippen molar-refractivity contribution in [3.05, 3.63) is 51.2 Å². The van der Waals surface area contributed by atoms with E-state index < -0.39 is 5.82 Å². The van der Waals surface area contributed by atoms with E-state index >= 15 is 0 Å². The first-order valence-corrected chi connectivity index (χ1v) is 8.28. The van der Waals surface area contributed by atoms with Gasteiger partial charge in [-0.2, -0.15) is 0 Å². The van der Waals surface area contributed by atoms with Gasteiger partial charge in [-0.25, -0.2) is 9.37 Å². The lowest BCUT2D eigenvalue weighted by Gasteiger charge is -2.13. The first-order chi connectivity index (χ1) is 10.9. The number of amides is 1. The predicted octanol–water partition coefficient (Wildman–Crippen LogP) is 3.02. The summed E-state index contributed by atoms with van der Waals surface area (Å²) in [7, 11) is 0. The minimum absolute atomic E-state index is 0.0551. The Morgan fingerprint density at radius 3 is 3.04 bits per heavy atom. The zero-order chi connectivity index (χ0) is 16.6. The summed E-state index contributed by atoms with van der Waals surface area (Å²) in [6, 6.07) is 5.19. The summed E-state index contributed by atoms with van der Waals surface area (Å²) in [5.41, 5.74) is 0.932. The molecule has 1 N–H and O–H groups in total. The van der Waals surface area contributed by atoms with Crippen LogP contribution in [0.3, 0.4) is 0 Å². The van der Waals surface area contributed by atoms with Gasteiger partial charge in [0.15, 0.2) is 5.16 Å². The number of hydrogen-bond acceptors (Lipinski definition) is 4. The third-order valence-electron chi connectivity index (χ3n) is 3.44. The van der Waals surface area contributed by atoms with E-state index in [1.165, 1.54) is 36.0 Å². The zero-order valence-electron chi connectivity index (χ0n) is 12.2. The van der Waals surface area contributed by atoms with Crippen LogP contribution in [-0.2, 0) is 4.79 Å². The Bertz CT molecular complexity index is 840. The lowest BCUT2D eigenvalue weighted by molar-refractivity contribution is -0.116. The van der Waals surface area contributed by atoms with Crippen molar-refractivity contribution < 1.29 is 9.18 Å². The Labute approximate surface area is 140 Å². The standard InChI is InChI=1S/C15H13ClFN3O2S/c1-8-4-14(22)20-10(7-23-15(20)18-8)6-13(21)19-9-2-3-12(17)11(16)5-9/h2-5,10H,6-7H2,1H3,(H,19,21). The Morgan fingerprint density at radius 2 is 2.30 bits per heavy atom. The molecule has 0 bridgehead atoms. The molecule has 120 valence electrons. The quantitative estimate of drug-likeness (QED) is 0.861. The number of nitrogens with one attached hydrogen (secondary N) is 1. The molecule has 0 radical (unpaired) electrons. The number of aryl methyl sites for hydroxylation is 1. The second-order valence-corrected chi connectivity index (χ2v) is 6.63. The van der Waals surface area contributed by atoms with E-state index in [4.69, 9.17) is 11.6 Å². The molecule has 2 heterocycles. The molecule has 5 nitrogen and oxygen atoms in total. The molecule has 0 saturated heterocycles. The number of halogens is 2. The third-order valence-corrected chi connectivity index (χ3v) is 4.83. The van der Waals surface area contributed by atoms with Crippen molar-refractivity contribution in [1.29, 1.82) is 0 Å². The second kappa shape index (κ2) is 6.33. The molecule has 8 heteroatoms. The highest BCUT2D eigenvalue weighted by atomic mass is 35.5. The monoisotopic (exact) mass is 353 g/mol. The van der Waals surface area contributed by atoms with Gasteiger partial charge in [-0.05, 0) is 25.1 Å². The highest BCUT2D eigenvalue weighted by Gasteiger charge is 2.27. The maximum atomic E-state index is 13.1. The molecule has 1 aromatic heterocycles. The molecule has 1 aromatic carbocycles. The summed E-state index contributed by atoms with van der Waals surface area (Å²) in [5.74, 6) is -0.194. The van der Waals surface area contributed by atoms with Crippen LogP contribution in [0.15, 0.2) is 34.2 Å². The molecule has 2 aromatic rings. The Morgan fingerprint density at radius 1 is 1.52 bits per heavy atom. The third kappa shape index (κ3) is 3.40. The first-order valence-electron chi connectivity index (χ1n) is 6.92. The van der Waals surface area contributed by atoms with Crippen LogP contribution < -0.4 is 10.9 Å². The van der Waals surface area contributed by atoms with E-state index in [-0.39, 0.29) is 29.0 Å². The fourth-order valence-corrected chi connectivity index (χ4v) is 3.79. The van der Waals surface area contributed by atoms with Crippen LogP contribution in [0.4, 0.5) is 10.1 Å². The molecule has 23 heavy (non-hydrogen) atoms. The number of thioether (sulfide) groups is 1. The van der Waals surface area contributed by atoms with E-state index in [1.807, 2.05) is 0 Å². The summed E-state index contributed by atoms with van der Waals surface area (Å²) >= 11 is 7.14. The molecular formula is C15H13ClFN3O2S. The minimum atomic E-state index is -0.543. The van der Waals surface area contributed by atoms with Crippen molar-refractivity contribution in [2.75, 3.05) is 11.1 Å². The van der Waals surface area contributed by atoms with Crippen LogP contribution in [0.2, 0.25) is 5.02 Å². The summed E-state index contributed by atoms with van der Waals surface area (Å²) in [6.07, 6.45) is 0.139. The fourth-order valence-electron chi connectivity index (χ4n) is 2.41. The van der Waals surface area contributed by atoms with Crippen LogP contribution in [-0.4, -0.2) is 21.2 Å². The fraction of sp³-hybridized carbons (Fsp3) is 0.267. The Balaban J connectivity index is 1.73. The molecule has 1 unspecified atom stereocenters. The number of rotatable bonds is 3. The number of anilines is 1. The van der Waals surface area contributed by atoms with Gasteiger partial charge in [0.1, 0.15) is 5.82 Å². The Hall–Kier alpha value is -1.86. The number of carbonyl (C=O) groups excluding carboxylic acids is 1. The highest BCUT2D eigenvalue weighted by molar-refractivity contribution is 7.99. The van der Waals surface area contributed by atoms with Gasteiger partial charge in [-0.3, -0.25) is 14.2 Å². The average molecular weight is 354 g/mol. The molecule has 0 aliphatic carbocycles. The van der Waals surface area contributed by atoms with Gasteiger partial charge >= 0.3 is 0 Å². The summed E-state index contributed by atoms with van der Waals surface area (Å²) in [4.78, 5) is 28.6. The van der Waals surface area contributed by atoms with Crippen LogP contribution in [0.25, 0.3) is 0 Å². The largest absolute Gasteiger partial charge is 0.326 e. The van der Waals surface area contributed by atoms with E-state index in [2.05, 4.69) is 10.3 Å². The number of hydrogen-bond donors (Lipinski definition) is 1. The smallest absolute Gasteiger partial charge is 0.254 e. The average Bonchev–Trinajstić information content (AvgIpc) is 2.85. The number of carbonyl (C=O) groups is 1. The van der Waals surface area contributed by atoms with Gasteiger partial charge in [-0.1, -0.05) is 23.4 Å². The van der Waals surface area contributed by atoms with Gasteiger partial charge in [-0.15, -0.1) is 0 Å². The lowest BCUT2D eigenvalue weighted by atomic mass is 10.2. The van der Waals surface area contributed by atoms with Crippen LogP contribution in [0.5, 0.6) is 0 Å². The van der Waals surface area contributed by atoms with E-state index in [9.17, 15) is 14.0 Å². The van der Waals surface area contributed by atoms with E-state index in [0.717, 1.165) is 0 Å². The number of benzene rings is 1. The van der Waals surface area contributed by atoms with Crippen molar-refractivity contribution in [3.63, 3.8) is 0 Å². The molecule has 1 aliphatic rings. The number of fused-ring (bicyclic) bond motifs is 1. The molecule has 0 spiro atoms. The maximum absolute atomic E-state index is 13.1. The van der Waals surface area contributed by atoms with E-state index in [1.54, 1.807) is 11.5 Å². The minimum Gasteiger partial charge on any atom is -0.326 e. The van der Waals surface area contributed by atoms with Gasteiger partial charge in [0, 0.05) is 29.6 Å². The van der Waals surface area contributed by atoms with Gasteiger partial charge in [0.2, 0.25) is 5.91 Å². The number of aromatic nitrogens is 2. The molecule has 0 saturated carbocycles. The molecular weight excluding hydrogens is 341 g/mol. The molecule has 3 rings (SSSR count). The van der Waals surface area contributed by atoms with Crippen molar-refractivity contribution in [2.45, 2.75) is 24.5 Å². The summed E-state index contributed by atoms with van der Waals surface area (Å²) in [6.45, 7) is 1.76. The predicted molar refractivity (Wildman–Crippen MR) is 87.7 cm³/mol. The Kier molecular flexibility index (Phi) is 4.41. The highest BCUT2D eigenvalue weighted by Crippen LogP contribution is 2.32. The summed E-state index contributed by atoms with van der Waals surface area (Å²) in [5, 5.41) is 3.24. The van der Waals surface area contributed by atoms with Crippen LogP contribution >= 0.6 is 23.4 Å². The van der Waals surface area contributed by atoms with Crippen molar-refractivity contribution in [3.8, 4) is 0 Å². The van der Waals surface area contributed by atoms with Crippen LogP contribution in [0, 0.1) is 12.7 Å². The number of nitrogens with zero attached hydrogens (tertiary/aromatic N) is 2. The van der Waals surface area contributed by atoms with Crippen molar-refractivity contribution in [2.24, 2.45) is 0 Å².